The Morgan fingerprint density at radius 3 is 3.10 bits per heavy atom. The van der Waals surface area contributed by atoms with Crippen molar-refractivity contribution in [2.45, 2.75) is 6.04 Å². The molecule has 1 saturated heterocycles. The second kappa shape index (κ2) is 3.50. The average molecular weight is 145 g/mol. The Labute approximate surface area is 58.9 Å². The zero-order valence-electron chi connectivity index (χ0n) is 5.59. The van der Waals surface area contributed by atoms with E-state index in [0.717, 1.165) is 0 Å². The molecule has 1 rings (SSSR count). The molecule has 0 aromatic carbocycles. The Hall–Kier alpha value is -0.650. The first-order chi connectivity index (χ1) is 4.84. The summed E-state index contributed by atoms with van der Waals surface area (Å²) >= 11 is 0. The minimum Gasteiger partial charge on any atom is -0.378 e. The molecular formula is C5H11N3O2. The quantitative estimate of drug-likeness (QED) is 0.226. The number of hydrazine groups is 1. The average Bonchev–Trinajstić information content (AvgIpc) is 2.05. The molecule has 1 heterocycles. The van der Waals surface area contributed by atoms with E-state index in [9.17, 15) is 4.79 Å². The van der Waals surface area contributed by atoms with Crippen molar-refractivity contribution < 1.29 is 9.53 Å². The summed E-state index contributed by atoms with van der Waals surface area (Å²) in [6.45, 7) is 1.77. The monoisotopic (exact) mass is 145 g/mol. The SMILES string of the molecule is NNC(=O)C1COCCN1. The van der Waals surface area contributed by atoms with Crippen molar-refractivity contribution in [2.75, 3.05) is 19.8 Å². The highest BCUT2D eigenvalue weighted by atomic mass is 16.5. The fourth-order valence-electron chi connectivity index (χ4n) is 0.834. The molecule has 0 spiro atoms. The van der Waals surface area contributed by atoms with E-state index < -0.39 is 0 Å². The van der Waals surface area contributed by atoms with Crippen molar-refractivity contribution in [3.63, 3.8) is 0 Å². The van der Waals surface area contributed by atoms with E-state index in [1.165, 1.54) is 0 Å². The van der Waals surface area contributed by atoms with Gasteiger partial charge >= 0.3 is 0 Å². The maximum atomic E-state index is 10.8. The highest BCUT2D eigenvalue weighted by molar-refractivity contribution is 5.81. The Morgan fingerprint density at radius 1 is 1.80 bits per heavy atom. The molecule has 1 unspecified atom stereocenters. The van der Waals surface area contributed by atoms with Gasteiger partial charge in [0.2, 0.25) is 0 Å². The third-order valence-electron chi connectivity index (χ3n) is 1.38. The van der Waals surface area contributed by atoms with Crippen LogP contribution in [0.1, 0.15) is 0 Å². The number of hydrogen-bond donors (Lipinski definition) is 3. The third kappa shape index (κ3) is 1.66. The van der Waals surface area contributed by atoms with Gasteiger partial charge in [-0.3, -0.25) is 10.2 Å². The second-order valence-corrected chi connectivity index (χ2v) is 2.09. The number of nitrogens with one attached hydrogen (secondary N) is 2. The highest BCUT2D eigenvalue weighted by Crippen LogP contribution is 1.91. The predicted molar refractivity (Wildman–Crippen MR) is 34.9 cm³/mol. The van der Waals surface area contributed by atoms with Gasteiger partial charge in [0.15, 0.2) is 0 Å². The Morgan fingerprint density at radius 2 is 2.60 bits per heavy atom. The van der Waals surface area contributed by atoms with Crippen LogP contribution >= 0.6 is 0 Å². The fourth-order valence-corrected chi connectivity index (χ4v) is 0.834. The molecule has 1 atom stereocenters. The first-order valence-corrected chi connectivity index (χ1v) is 3.16. The topological polar surface area (TPSA) is 76.4 Å². The van der Waals surface area contributed by atoms with Gasteiger partial charge in [0, 0.05) is 6.54 Å². The normalized spacial score (nSPS) is 25.9. The third-order valence-corrected chi connectivity index (χ3v) is 1.38. The number of nitrogens with two attached hydrogens (primary N) is 1. The van der Waals surface area contributed by atoms with E-state index in [0.29, 0.717) is 19.8 Å². The van der Waals surface area contributed by atoms with Gasteiger partial charge in [-0.05, 0) is 0 Å². The van der Waals surface area contributed by atoms with Crippen LogP contribution in [0.15, 0.2) is 0 Å². The lowest BCUT2D eigenvalue weighted by Gasteiger charge is -2.21. The molecule has 10 heavy (non-hydrogen) atoms. The second-order valence-electron chi connectivity index (χ2n) is 2.09. The lowest BCUT2D eigenvalue weighted by molar-refractivity contribution is -0.125. The number of rotatable bonds is 1. The summed E-state index contributed by atoms with van der Waals surface area (Å²) in [6, 6.07) is -0.279. The Kier molecular flexibility index (Phi) is 2.61. The number of carbonyl (C=O) groups excluding carboxylic acids is 1. The molecule has 0 bridgehead atoms. The van der Waals surface area contributed by atoms with Gasteiger partial charge in [-0.2, -0.15) is 0 Å². The number of ether oxygens (including phenoxy) is 1. The van der Waals surface area contributed by atoms with Crippen LogP contribution in [0.25, 0.3) is 0 Å². The van der Waals surface area contributed by atoms with E-state index in [1.54, 1.807) is 0 Å². The zero-order chi connectivity index (χ0) is 7.40. The molecule has 0 aromatic heterocycles. The van der Waals surface area contributed by atoms with Crippen LogP contribution in [0.5, 0.6) is 0 Å². The molecule has 0 aliphatic carbocycles. The lowest BCUT2D eigenvalue weighted by atomic mass is 10.3. The summed E-state index contributed by atoms with van der Waals surface area (Å²) in [5, 5.41) is 2.95. The lowest BCUT2D eigenvalue weighted by Crippen LogP contribution is -2.52. The molecule has 1 fully saturated rings. The number of hydrogen-bond acceptors (Lipinski definition) is 4. The van der Waals surface area contributed by atoms with E-state index in [4.69, 9.17) is 10.6 Å². The van der Waals surface area contributed by atoms with Crippen molar-refractivity contribution in [3.05, 3.63) is 0 Å². The van der Waals surface area contributed by atoms with Crippen LogP contribution in [0.2, 0.25) is 0 Å². The molecule has 58 valence electrons. The van der Waals surface area contributed by atoms with E-state index >= 15 is 0 Å². The largest absolute Gasteiger partial charge is 0.378 e. The molecule has 5 nitrogen and oxygen atoms in total. The fraction of sp³-hybridized carbons (Fsp3) is 0.800. The predicted octanol–water partition coefficient (Wildman–Crippen LogP) is -2.04. The summed E-state index contributed by atoms with van der Waals surface area (Å²) in [5.41, 5.74) is 2.05. The van der Waals surface area contributed by atoms with Crippen molar-refractivity contribution in [1.29, 1.82) is 0 Å². The Balaban J connectivity index is 2.31. The van der Waals surface area contributed by atoms with Gasteiger partial charge in [-0.1, -0.05) is 0 Å². The summed E-state index contributed by atoms with van der Waals surface area (Å²) in [6.07, 6.45) is 0. The van der Waals surface area contributed by atoms with Crippen LogP contribution in [-0.4, -0.2) is 31.7 Å². The summed E-state index contributed by atoms with van der Waals surface area (Å²) in [7, 11) is 0. The number of amides is 1. The van der Waals surface area contributed by atoms with Crippen molar-refractivity contribution in [3.8, 4) is 0 Å². The molecule has 5 heteroatoms. The molecular weight excluding hydrogens is 134 g/mol. The smallest absolute Gasteiger partial charge is 0.253 e. The van der Waals surface area contributed by atoms with Crippen LogP contribution < -0.4 is 16.6 Å². The maximum Gasteiger partial charge on any atom is 0.253 e. The van der Waals surface area contributed by atoms with Gasteiger partial charge in [-0.25, -0.2) is 5.84 Å². The van der Waals surface area contributed by atoms with Crippen LogP contribution in [0.4, 0.5) is 0 Å². The minimum atomic E-state index is -0.279. The number of carbonyl (C=O) groups is 1. The van der Waals surface area contributed by atoms with Gasteiger partial charge in [0.25, 0.3) is 5.91 Å². The molecule has 0 aromatic rings. The summed E-state index contributed by atoms with van der Waals surface area (Å²) in [4.78, 5) is 10.8. The van der Waals surface area contributed by atoms with E-state index in [-0.39, 0.29) is 11.9 Å². The van der Waals surface area contributed by atoms with Gasteiger partial charge in [-0.15, -0.1) is 0 Å². The Bertz CT molecular complexity index is 122. The van der Waals surface area contributed by atoms with Gasteiger partial charge in [0.1, 0.15) is 6.04 Å². The molecule has 1 amide bonds. The molecule has 0 radical (unpaired) electrons. The van der Waals surface area contributed by atoms with Crippen LogP contribution in [-0.2, 0) is 9.53 Å². The summed E-state index contributed by atoms with van der Waals surface area (Å²) < 4.78 is 5.03. The molecule has 4 N–H and O–H groups in total. The number of morpholine rings is 1. The van der Waals surface area contributed by atoms with Gasteiger partial charge in [0.05, 0.1) is 13.2 Å². The van der Waals surface area contributed by atoms with Crippen molar-refractivity contribution in [1.82, 2.24) is 10.7 Å². The van der Waals surface area contributed by atoms with E-state index in [1.807, 2.05) is 0 Å². The van der Waals surface area contributed by atoms with Crippen LogP contribution in [0, 0.1) is 0 Å². The first-order valence-electron chi connectivity index (χ1n) is 3.16. The molecule has 0 saturated carbocycles. The highest BCUT2D eigenvalue weighted by Gasteiger charge is 2.19. The standard InChI is InChI=1S/C5H11N3O2/c6-8-5(9)4-3-10-2-1-7-4/h4,7H,1-3,6H2,(H,8,9). The first kappa shape index (κ1) is 7.46. The van der Waals surface area contributed by atoms with E-state index in [2.05, 4.69) is 10.7 Å². The molecule has 1 aliphatic rings. The zero-order valence-corrected chi connectivity index (χ0v) is 5.59. The van der Waals surface area contributed by atoms with Crippen molar-refractivity contribution in [2.24, 2.45) is 5.84 Å². The van der Waals surface area contributed by atoms with Crippen molar-refractivity contribution >= 4 is 5.91 Å². The maximum absolute atomic E-state index is 10.8. The van der Waals surface area contributed by atoms with Gasteiger partial charge < -0.3 is 10.1 Å². The molecule has 1 aliphatic heterocycles. The summed E-state index contributed by atoms with van der Waals surface area (Å²) in [5.74, 6) is 4.69. The van der Waals surface area contributed by atoms with Crippen LogP contribution in [0.3, 0.4) is 0 Å². The minimum absolute atomic E-state index is 0.222.